The third-order valence-electron chi connectivity index (χ3n) is 4.91. The first-order valence-electron chi connectivity index (χ1n) is 8.93. The number of benzene rings is 1. The van der Waals surface area contributed by atoms with Gasteiger partial charge in [0.15, 0.2) is 0 Å². The molecule has 0 bridgehead atoms. The first kappa shape index (κ1) is 17.0. The van der Waals surface area contributed by atoms with Crippen LogP contribution in [0.25, 0.3) is 11.3 Å². The zero-order valence-electron chi connectivity index (χ0n) is 15.1. The average molecular weight is 366 g/mol. The summed E-state index contributed by atoms with van der Waals surface area (Å²) in [4.78, 5) is 25.1. The second kappa shape index (κ2) is 7.03. The quantitative estimate of drug-likeness (QED) is 0.707. The highest BCUT2D eigenvalue weighted by Crippen LogP contribution is 2.32. The van der Waals surface area contributed by atoms with E-state index in [2.05, 4.69) is 14.5 Å². The van der Waals surface area contributed by atoms with E-state index in [-0.39, 0.29) is 5.91 Å². The first-order chi connectivity index (χ1) is 12.6. The van der Waals surface area contributed by atoms with Gasteiger partial charge in [-0.3, -0.25) is 4.79 Å². The third kappa shape index (κ3) is 3.17. The molecule has 0 saturated carbocycles. The lowest BCUT2D eigenvalue weighted by atomic mass is 9.97. The number of amides is 1. The van der Waals surface area contributed by atoms with Crippen molar-refractivity contribution in [2.75, 3.05) is 13.1 Å². The molecule has 0 unspecified atom stereocenters. The lowest BCUT2D eigenvalue weighted by Crippen LogP contribution is -2.39. The molecule has 5 nitrogen and oxygen atoms in total. The number of piperidine rings is 1. The minimum absolute atomic E-state index is 0.0911. The fourth-order valence-electron chi connectivity index (χ4n) is 3.65. The molecule has 1 atom stereocenters. The van der Waals surface area contributed by atoms with Crippen molar-refractivity contribution in [2.24, 2.45) is 7.05 Å². The van der Waals surface area contributed by atoms with Crippen LogP contribution >= 0.6 is 11.3 Å². The highest BCUT2D eigenvalue weighted by molar-refractivity contribution is 7.14. The van der Waals surface area contributed by atoms with Gasteiger partial charge in [0.1, 0.15) is 10.7 Å². The summed E-state index contributed by atoms with van der Waals surface area (Å²) in [6.45, 7) is 3.47. The Kier molecular flexibility index (Phi) is 4.59. The van der Waals surface area contributed by atoms with Crippen LogP contribution in [0.5, 0.6) is 0 Å². The van der Waals surface area contributed by atoms with Crippen molar-refractivity contribution in [2.45, 2.75) is 25.7 Å². The van der Waals surface area contributed by atoms with Crippen LogP contribution in [-0.4, -0.2) is 38.4 Å². The summed E-state index contributed by atoms with van der Waals surface area (Å²) >= 11 is 1.49. The van der Waals surface area contributed by atoms with Crippen LogP contribution in [0, 0.1) is 6.92 Å². The number of nitrogens with zero attached hydrogens (tertiary/aromatic N) is 4. The number of likely N-dealkylation sites (tertiary alicyclic amines) is 1. The smallest absolute Gasteiger partial charge is 0.266 e. The van der Waals surface area contributed by atoms with Gasteiger partial charge in [0.05, 0.1) is 10.7 Å². The van der Waals surface area contributed by atoms with Crippen LogP contribution < -0.4 is 0 Å². The van der Waals surface area contributed by atoms with Crippen LogP contribution in [0.15, 0.2) is 42.7 Å². The Hall–Kier alpha value is -2.47. The van der Waals surface area contributed by atoms with Crippen LogP contribution in [0.3, 0.4) is 0 Å². The van der Waals surface area contributed by atoms with Crippen molar-refractivity contribution < 1.29 is 4.79 Å². The SMILES string of the molecule is Cc1nc(-c2ccccc2)c(C(=O)N2CCC[C@@H](c3nccn3C)C2)s1. The molecular weight excluding hydrogens is 344 g/mol. The molecule has 4 rings (SSSR count). The predicted molar refractivity (Wildman–Crippen MR) is 103 cm³/mol. The van der Waals surface area contributed by atoms with Crippen molar-refractivity contribution in [3.8, 4) is 11.3 Å². The topological polar surface area (TPSA) is 51.0 Å². The van der Waals surface area contributed by atoms with E-state index < -0.39 is 0 Å². The molecule has 0 N–H and O–H groups in total. The number of imidazole rings is 1. The van der Waals surface area contributed by atoms with E-state index in [1.807, 2.05) is 61.6 Å². The Bertz CT molecular complexity index is 915. The molecule has 3 aromatic rings. The number of thiazole rings is 1. The molecule has 1 aliphatic heterocycles. The van der Waals surface area contributed by atoms with Gasteiger partial charge in [0, 0.05) is 44.0 Å². The van der Waals surface area contributed by atoms with E-state index in [0.717, 1.165) is 52.9 Å². The van der Waals surface area contributed by atoms with Crippen molar-refractivity contribution >= 4 is 17.2 Å². The largest absolute Gasteiger partial charge is 0.338 e. The summed E-state index contributed by atoms with van der Waals surface area (Å²) in [6.07, 6.45) is 5.87. The minimum atomic E-state index is 0.0911. The second-order valence-corrected chi connectivity index (χ2v) is 7.97. The Labute approximate surface area is 157 Å². The van der Waals surface area contributed by atoms with E-state index in [0.29, 0.717) is 5.92 Å². The molecule has 1 amide bonds. The molecule has 134 valence electrons. The maximum atomic E-state index is 13.3. The van der Waals surface area contributed by atoms with Gasteiger partial charge in [0.25, 0.3) is 5.91 Å². The average Bonchev–Trinajstić information content (AvgIpc) is 3.27. The first-order valence-corrected chi connectivity index (χ1v) is 9.74. The maximum absolute atomic E-state index is 13.3. The molecule has 0 radical (unpaired) electrons. The number of carbonyl (C=O) groups excluding carboxylic acids is 1. The monoisotopic (exact) mass is 366 g/mol. The Morgan fingerprint density at radius 2 is 2.08 bits per heavy atom. The summed E-state index contributed by atoms with van der Waals surface area (Å²) in [5.41, 5.74) is 1.80. The summed E-state index contributed by atoms with van der Waals surface area (Å²) in [5.74, 6) is 1.45. The van der Waals surface area contributed by atoms with Crippen LogP contribution in [0.2, 0.25) is 0 Å². The van der Waals surface area contributed by atoms with E-state index >= 15 is 0 Å². The number of hydrogen-bond donors (Lipinski definition) is 0. The normalized spacial score (nSPS) is 17.5. The number of carbonyl (C=O) groups is 1. The van der Waals surface area contributed by atoms with Gasteiger partial charge in [-0.05, 0) is 19.8 Å². The molecule has 0 aliphatic carbocycles. The fourth-order valence-corrected chi connectivity index (χ4v) is 4.56. The van der Waals surface area contributed by atoms with Crippen LogP contribution in [-0.2, 0) is 7.05 Å². The standard InChI is InChI=1S/C20H22N4OS/c1-14-22-17(15-7-4-3-5-8-15)18(26-14)20(25)24-11-6-9-16(13-24)19-21-10-12-23(19)2/h3-5,7-8,10,12,16H,6,9,11,13H2,1-2H3/t16-/m1/s1. The van der Waals surface area contributed by atoms with Crippen molar-refractivity contribution in [1.82, 2.24) is 19.4 Å². The molecule has 6 heteroatoms. The Balaban J connectivity index is 1.61. The Morgan fingerprint density at radius 3 is 2.81 bits per heavy atom. The van der Waals surface area contributed by atoms with Crippen molar-refractivity contribution in [3.05, 3.63) is 58.4 Å². The lowest BCUT2D eigenvalue weighted by molar-refractivity contribution is 0.0709. The fraction of sp³-hybridized carbons (Fsp3) is 0.350. The van der Waals surface area contributed by atoms with Crippen molar-refractivity contribution in [1.29, 1.82) is 0 Å². The molecule has 3 heterocycles. The van der Waals surface area contributed by atoms with Gasteiger partial charge >= 0.3 is 0 Å². The molecule has 1 aromatic carbocycles. The molecule has 2 aromatic heterocycles. The highest BCUT2D eigenvalue weighted by atomic mass is 32.1. The van der Waals surface area contributed by atoms with E-state index in [1.54, 1.807) is 0 Å². The van der Waals surface area contributed by atoms with Gasteiger partial charge in [-0.1, -0.05) is 30.3 Å². The highest BCUT2D eigenvalue weighted by Gasteiger charge is 2.30. The second-order valence-electron chi connectivity index (χ2n) is 6.76. The Morgan fingerprint density at radius 1 is 1.27 bits per heavy atom. The van der Waals surface area contributed by atoms with Gasteiger partial charge in [-0.15, -0.1) is 11.3 Å². The molecule has 1 fully saturated rings. The van der Waals surface area contributed by atoms with Crippen LogP contribution in [0.4, 0.5) is 0 Å². The lowest BCUT2D eigenvalue weighted by Gasteiger charge is -2.32. The van der Waals surface area contributed by atoms with E-state index in [1.165, 1.54) is 11.3 Å². The van der Waals surface area contributed by atoms with Gasteiger partial charge in [0.2, 0.25) is 0 Å². The molecule has 0 spiro atoms. The number of hydrogen-bond acceptors (Lipinski definition) is 4. The molecule has 26 heavy (non-hydrogen) atoms. The van der Waals surface area contributed by atoms with E-state index in [4.69, 9.17) is 0 Å². The molecule has 1 saturated heterocycles. The summed E-state index contributed by atoms with van der Waals surface area (Å²) in [6, 6.07) is 9.97. The predicted octanol–water partition coefficient (Wildman–Crippen LogP) is 3.87. The third-order valence-corrected chi connectivity index (χ3v) is 5.87. The van der Waals surface area contributed by atoms with Gasteiger partial charge < -0.3 is 9.47 Å². The van der Waals surface area contributed by atoms with Crippen LogP contribution in [0.1, 0.15) is 39.3 Å². The number of aromatic nitrogens is 3. The van der Waals surface area contributed by atoms with E-state index in [9.17, 15) is 4.79 Å². The molecular formula is C20H22N4OS. The number of rotatable bonds is 3. The van der Waals surface area contributed by atoms with Crippen molar-refractivity contribution in [3.63, 3.8) is 0 Å². The zero-order valence-corrected chi connectivity index (χ0v) is 15.9. The summed E-state index contributed by atoms with van der Waals surface area (Å²) in [7, 11) is 2.02. The number of aryl methyl sites for hydroxylation is 2. The minimum Gasteiger partial charge on any atom is -0.338 e. The van der Waals surface area contributed by atoms with Gasteiger partial charge in [-0.25, -0.2) is 9.97 Å². The summed E-state index contributed by atoms with van der Waals surface area (Å²) in [5, 5.41) is 0.921. The molecule has 1 aliphatic rings. The summed E-state index contributed by atoms with van der Waals surface area (Å²) < 4.78 is 2.06. The maximum Gasteiger partial charge on any atom is 0.266 e. The zero-order chi connectivity index (χ0) is 18.1. The van der Waals surface area contributed by atoms with Gasteiger partial charge in [-0.2, -0.15) is 0 Å².